The van der Waals surface area contributed by atoms with Crippen molar-refractivity contribution in [1.82, 2.24) is 4.98 Å². The monoisotopic (exact) mass is 324 g/mol. The Morgan fingerprint density at radius 3 is 2.58 bits per heavy atom. The summed E-state index contributed by atoms with van der Waals surface area (Å²) in [6.07, 6.45) is 0. The fourth-order valence-electron chi connectivity index (χ4n) is 1.76. The summed E-state index contributed by atoms with van der Waals surface area (Å²) in [6, 6.07) is 5.04. The number of hydrogen-bond acceptors (Lipinski definition) is 2. The molecule has 0 saturated heterocycles. The third kappa shape index (κ3) is 2.42. The van der Waals surface area contributed by atoms with Crippen LogP contribution in [0.5, 0.6) is 0 Å². The minimum Gasteiger partial charge on any atom is -0.325 e. The van der Waals surface area contributed by atoms with Crippen molar-refractivity contribution >= 4 is 15.9 Å². The summed E-state index contributed by atoms with van der Waals surface area (Å²) in [5, 5.41) is 9.01. The van der Waals surface area contributed by atoms with Crippen molar-refractivity contribution in [2.75, 3.05) is 0 Å². The van der Waals surface area contributed by atoms with Gasteiger partial charge in [-0.15, -0.1) is 0 Å². The maximum Gasteiger partial charge on any atom is 0.266 e. The number of nitrogens with zero attached hydrogens (tertiary/aromatic N) is 1. The molecule has 0 amide bonds. The number of hydrogen-bond donors (Lipinski definition) is 1. The molecule has 0 aliphatic rings. The van der Waals surface area contributed by atoms with E-state index in [4.69, 9.17) is 5.26 Å². The zero-order valence-electron chi connectivity index (χ0n) is 9.72. The van der Waals surface area contributed by atoms with Crippen LogP contribution in [0.1, 0.15) is 11.3 Å². The summed E-state index contributed by atoms with van der Waals surface area (Å²) < 4.78 is 26.8. The van der Waals surface area contributed by atoms with Gasteiger partial charge in [-0.25, -0.2) is 8.78 Å². The van der Waals surface area contributed by atoms with Gasteiger partial charge < -0.3 is 4.98 Å². The number of halogens is 3. The highest BCUT2D eigenvalue weighted by Gasteiger charge is 2.16. The number of nitriles is 1. The molecule has 0 aliphatic carbocycles. The first kappa shape index (κ1) is 13.4. The molecule has 0 saturated carbocycles. The largest absolute Gasteiger partial charge is 0.325 e. The van der Waals surface area contributed by atoms with Crippen LogP contribution in [0.15, 0.2) is 27.5 Å². The van der Waals surface area contributed by atoms with Crippen molar-refractivity contribution < 1.29 is 8.78 Å². The van der Waals surface area contributed by atoms with Crippen molar-refractivity contribution in [3.8, 4) is 17.2 Å². The summed E-state index contributed by atoms with van der Waals surface area (Å²) in [6.45, 7) is 1.62. The quantitative estimate of drug-likeness (QED) is 0.818. The van der Waals surface area contributed by atoms with Crippen LogP contribution >= 0.6 is 15.9 Å². The summed E-state index contributed by atoms with van der Waals surface area (Å²) in [4.78, 5) is 14.1. The Morgan fingerprint density at radius 2 is 1.95 bits per heavy atom. The molecule has 0 unspecified atom stereocenters. The van der Waals surface area contributed by atoms with Crippen LogP contribution < -0.4 is 5.56 Å². The molecule has 0 fully saturated rings. The van der Waals surface area contributed by atoms with Crippen LogP contribution in [0.25, 0.3) is 11.1 Å². The maximum atomic E-state index is 13.5. The fourth-order valence-corrected chi connectivity index (χ4v) is 2.21. The third-order valence-corrected chi connectivity index (χ3v) is 3.37. The predicted octanol–water partition coefficient (Wildman–Crippen LogP) is 3.26. The lowest BCUT2D eigenvalue weighted by Gasteiger charge is -2.08. The summed E-state index contributed by atoms with van der Waals surface area (Å²) >= 11 is 3.00. The number of aryl methyl sites for hydroxylation is 1. The molecule has 0 bridgehead atoms. The number of aromatic nitrogens is 1. The summed E-state index contributed by atoms with van der Waals surface area (Å²) in [5.74, 6) is -1.57. The zero-order valence-corrected chi connectivity index (χ0v) is 11.3. The Balaban J connectivity index is 2.87. The normalized spacial score (nSPS) is 10.3. The minimum absolute atomic E-state index is 0.00963. The SMILES string of the molecule is Cc1cc(-c2cc(F)cc(F)c2Br)c(C#N)c(=O)[nH]1. The molecule has 1 N–H and O–H groups in total. The number of H-pyrrole nitrogens is 1. The first-order chi connectivity index (χ1) is 8.93. The van der Waals surface area contributed by atoms with Gasteiger partial charge in [0, 0.05) is 22.9 Å². The minimum atomic E-state index is -0.795. The van der Waals surface area contributed by atoms with E-state index in [1.54, 1.807) is 13.0 Å². The van der Waals surface area contributed by atoms with Crippen molar-refractivity contribution in [1.29, 1.82) is 5.26 Å². The number of aromatic amines is 1. The lowest BCUT2D eigenvalue weighted by molar-refractivity contribution is 0.580. The van der Waals surface area contributed by atoms with Crippen molar-refractivity contribution in [2.45, 2.75) is 6.92 Å². The van der Waals surface area contributed by atoms with E-state index in [0.717, 1.165) is 12.1 Å². The van der Waals surface area contributed by atoms with Gasteiger partial charge in [-0.2, -0.15) is 5.26 Å². The predicted molar refractivity (Wildman–Crippen MR) is 69.6 cm³/mol. The number of nitrogens with one attached hydrogen (secondary N) is 1. The molecule has 19 heavy (non-hydrogen) atoms. The van der Waals surface area contributed by atoms with E-state index in [2.05, 4.69) is 20.9 Å². The Kier molecular flexibility index (Phi) is 3.49. The molecule has 1 aromatic heterocycles. The van der Waals surface area contributed by atoms with Gasteiger partial charge in [-0.1, -0.05) is 0 Å². The van der Waals surface area contributed by atoms with Crippen LogP contribution in [0.2, 0.25) is 0 Å². The Hall–Kier alpha value is -2.00. The molecule has 3 nitrogen and oxygen atoms in total. The Labute approximate surface area is 115 Å². The molecule has 2 aromatic rings. The first-order valence-corrected chi connectivity index (χ1v) is 6.02. The molecular formula is C13H7BrF2N2O. The molecule has 0 aliphatic heterocycles. The second-order valence-corrected chi connectivity index (χ2v) is 4.72. The van der Waals surface area contributed by atoms with Gasteiger partial charge in [0.1, 0.15) is 23.3 Å². The van der Waals surface area contributed by atoms with Gasteiger partial charge in [-0.05, 0) is 35.0 Å². The molecule has 1 heterocycles. The molecule has 0 spiro atoms. The lowest BCUT2D eigenvalue weighted by Crippen LogP contribution is -2.13. The molecule has 2 rings (SSSR count). The van der Waals surface area contributed by atoms with Gasteiger partial charge in [0.2, 0.25) is 0 Å². The Morgan fingerprint density at radius 1 is 1.26 bits per heavy atom. The molecular weight excluding hydrogens is 318 g/mol. The smallest absolute Gasteiger partial charge is 0.266 e. The van der Waals surface area contributed by atoms with Crippen molar-refractivity contribution in [3.05, 3.63) is 55.9 Å². The van der Waals surface area contributed by atoms with Gasteiger partial charge in [-0.3, -0.25) is 4.79 Å². The molecule has 6 heteroatoms. The Bertz CT molecular complexity index is 762. The highest BCUT2D eigenvalue weighted by atomic mass is 79.9. The molecule has 1 aromatic carbocycles. The highest BCUT2D eigenvalue weighted by molar-refractivity contribution is 9.10. The maximum absolute atomic E-state index is 13.5. The van der Waals surface area contributed by atoms with Crippen LogP contribution in [0.3, 0.4) is 0 Å². The van der Waals surface area contributed by atoms with Gasteiger partial charge in [0.25, 0.3) is 5.56 Å². The van der Waals surface area contributed by atoms with E-state index in [1.165, 1.54) is 6.07 Å². The molecule has 0 atom stereocenters. The second kappa shape index (κ2) is 4.94. The van der Waals surface area contributed by atoms with Crippen LogP contribution in [-0.2, 0) is 0 Å². The van der Waals surface area contributed by atoms with Gasteiger partial charge in [0.15, 0.2) is 0 Å². The molecule has 0 radical (unpaired) electrons. The third-order valence-electron chi connectivity index (χ3n) is 2.56. The van der Waals surface area contributed by atoms with Crippen molar-refractivity contribution in [2.24, 2.45) is 0 Å². The van der Waals surface area contributed by atoms with E-state index in [1.807, 2.05) is 0 Å². The van der Waals surface area contributed by atoms with E-state index in [9.17, 15) is 13.6 Å². The van der Waals surface area contributed by atoms with Crippen LogP contribution in [0.4, 0.5) is 8.78 Å². The first-order valence-electron chi connectivity index (χ1n) is 5.23. The van der Waals surface area contributed by atoms with Crippen LogP contribution in [0, 0.1) is 29.9 Å². The number of pyridine rings is 1. The lowest BCUT2D eigenvalue weighted by atomic mass is 10.0. The second-order valence-electron chi connectivity index (χ2n) is 3.93. The highest BCUT2D eigenvalue weighted by Crippen LogP contribution is 2.32. The standard InChI is InChI=1S/C13H7BrF2N2O/c1-6-2-8(10(5-17)13(19)18-6)9-3-7(15)4-11(16)12(9)14/h2-4H,1H3,(H,18,19). The average molecular weight is 325 g/mol. The van der Waals surface area contributed by atoms with E-state index < -0.39 is 17.2 Å². The summed E-state index contributed by atoms with van der Waals surface area (Å²) in [5.41, 5.74) is 0.0400. The van der Waals surface area contributed by atoms with Crippen molar-refractivity contribution in [3.63, 3.8) is 0 Å². The van der Waals surface area contributed by atoms with Crippen LogP contribution in [-0.4, -0.2) is 4.98 Å². The number of benzene rings is 1. The molecule has 96 valence electrons. The average Bonchev–Trinajstić information content (AvgIpc) is 2.33. The van der Waals surface area contributed by atoms with E-state index >= 15 is 0 Å². The topological polar surface area (TPSA) is 56.6 Å². The summed E-state index contributed by atoms with van der Waals surface area (Å²) in [7, 11) is 0. The van der Waals surface area contributed by atoms with E-state index in [-0.39, 0.29) is 21.2 Å². The fraction of sp³-hybridized carbons (Fsp3) is 0.0769. The number of rotatable bonds is 1. The zero-order chi connectivity index (χ0) is 14.2. The van der Waals surface area contributed by atoms with Gasteiger partial charge >= 0.3 is 0 Å². The van der Waals surface area contributed by atoms with Gasteiger partial charge in [0.05, 0.1) is 4.47 Å². The van der Waals surface area contributed by atoms with E-state index in [0.29, 0.717) is 5.69 Å².